The second-order valence-electron chi connectivity index (χ2n) is 5.12. The summed E-state index contributed by atoms with van der Waals surface area (Å²) in [4.78, 5) is 0. The average Bonchev–Trinajstić information content (AvgIpc) is 3.12. The first-order chi connectivity index (χ1) is 7.72. The number of hydrogen-bond donors (Lipinski definition) is 2. The molecule has 0 bridgehead atoms. The van der Waals surface area contributed by atoms with E-state index in [1.165, 1.54) is 18.4 Å². The van der Waals surface area contributed by atoms with Crippen molar-refractivity contribution < 1.29 is 5.11 Å². The van der Waals surface area contributed by atoms with Gasteiger partial charge >= 0.3 is 0 Å². The van der Waals surface area contributed by atoms with Crippen LogP contribution in [-0.2, 0) is 6.42 Å². The molecule has 2 nitrogen and oxygen atoms in total. The van der Waals surface area contributed by atoms with Crippen molar-refractivity contribution in [3.63, 3.8) is 0 Å². The molecular weight excluding hydrogens is 198 g/mol. The predicted octanol–water partition coefficient (Wildman–Crippen LogP) is 2.12. The first-order valence-electron chi connectivity index (χ1n) is 6.14. The van der Waals surface area contributed by atoms with Gasteiger partial charge in [-0.25, -0.2) is 0 Å². The lowest BCUT2D eigenvalue weighted by atomic mass is 9.94. The van der Waals surface area contributed by atoms with E-state index in [1.54, 1.807) is 0 Å². The van der Waals surface area contributed by atoms with Crippen LogP contribution in [0.2, 0.25) is 0 Å². The van der Waals surface area contributed by atoms with Crippen molar-refractivity contribution in [3.05, 3.63) is 35.9 Å². The molecule has 0 aromatic heterocycles. The summed E-state index contributed by atoms with van der Waals surface area (Å²) in [6.07, 6.45) is 4.55. The van der Waals surface area contributed by atoms with Gasteiger partial charge in [0.15, 0.2) is 0 Å². The Morgan fingerprint density at radius 1 is 1.31 bits per heavy atom. The van der Waals surface area contributed by atoms with E-state index in [0.717, 1.165) is 12.8 Å². The van der Waals surface area contributed by atoms with Crippen LogP contribution in [0, 0.1) is 0 Å². The van der Waals surface area contributed by atoms with Gasteiger partial charge in [-0.1, -0.05) is 30.3 Å². The summed E-state index contributed by atoms with van der Waals surface area (Å²) < 4.78 is 0. The first-order valence-corrected chi connectivity index (χ1v) is 6.14. The van der Waals surface area contributed by atoms with Crippen molar-refractivity contribution in [1.29, 1.82) is 0 Å². The van der Waals surface area contributed by atoms with Crippen molar-refractivity contribution in [2.24, 2.45) is 0 Å². The molecule has 1 aliphatic carbocycles. The van der Waals surface area contributed by atoms with Crippen molar-refractivity contribution >= 4 is 0 Å². The number of aliphatic hydroxyl groups excluding tert-OH is 1. The molecule has 16 heavy (non-hydrogen) atoms. The Morgan fingerprint density at radius 3 is 2.56 bits per heavy atom. The number of hydrogen-bond acceptors (Lipinski definition) is 2. The predicted molar refractivity (Wildman–Crippen MR) is 66.4 cm³/mol. The zero-order valence-corrected chi connectivity index (χ0v) is 9.95. The Hall–Kier alpha value is -0.860. The smallest absolute Gasteiger partial charge is 0.0610 e. The Morgan fingerprint density at radius 2 is 2.00 bits per heavy atom. The highest BCUT2D eigenvalue weighted by molar-refractivity contribution is 5.15. The van der Waals surface area contributed by atoms with Crippen molar-refractivity contribution in [1.82, 2.24) is 5.32 Å². The number of rotatable bonds is 6. The minimum Gasteiger partial charge on any atom is -0.394 e. The third-order valence-corrected chi connectivity index (χ3v) is 3.29. The Bertz CT molecular complexity index is 321. The fourth-order valence-electron chi connectivity index (χ4n) is 1.98. The van der Waals surface area contributed by atoms with Gasteiger partial charge in [0.1, 0.15) is 0 Å². The van der Waals surface area contributed by atoms with Gasteiger partial charge in [-0.2, -0.15) is 0 Å². The monoisotopic (exact) mass is 219 g/mol. The quantitative estimate of drug-likeness (QED) is 0.768. The molecule has 0 radical (unpaired) electrons. The van der Waals surface area contributed by atoms with Gasteiger partial charge in [0.25, 0.3) is 0 Å². The van der Waals surface area contributed by atoms with E-state index in [2.05, 4.69) is 36.5 Å². The zero-order chi connectivity index (χ0) is 11.4. The molecule has 1 saturated carbocycles. The van der Waals surface area contributed by atoms with Gasteiger partial charge in [-0.05, 0) is 38.2 Å². The Kier molecular flexibility index (Phi) is 3.62. The number of benzene rings is 1. The van der Waals surface area contributed by atoms with Crippen molar-refractivity contribution in [2.75, 3.05) is 6.61 Å². The molecule has 0 heterocycles. The molecule has 1 atom stereocenters. The second-order valence-corrected chi connectivity index (χ2v) is 5.12. The van der Waals surface area contributed by atoms with Crippen LogP contribution in [0.3, 0.4) is 0 Å². The third-order valence-electron chi connectivity index (χ3n) is 3.29. The van der Waals surface area contributed by atoms with Crippen LogP contribution in [0.15, 0.2) is 30.3 Å². The van der Waals surface area contributed by atoms with Crippen molar-refractivity contribution in [3.8, 4) is 0 Å². The lowest BCUT2D eigenvalue weighted by molar-refractivity contribution is 0.164. The maximum Gasteiger partial charge on any atom is 0.0610 e. The van der Waals surface area contributed by atoms with E-state index >= 15 is 0 Å². The number of aliphatic hydroxyl groups is 1. The molecule has 1 fully saturated rings. The highest BCUT2D eigenvalue weighted by Gasteiger charge is 2.31. The third kappa shape index (κ3) is 3.32. The van der Waals surface area contributed by atoms with Gasteiger partial charge in [0.2, 0.25) is 0 Å². The van der Waals surface area contributed by atoms with Crippen LogP contribution >= 0.6 is 0 Å². The Balaban J connectivity index is 1.86. The van der Waals surface area contributed by atoms with Crippen LogP contribution in [0.25, 0.3) is 0 Å². The van der Waals surface area contributed by atoms with Gasteiger partial charge in [0, 0.05) is 11.6 Å². The highest BCUT2D eigenvalue weighted by atomic mass is 16.3. The molecule has 2 heteroatoms. The lowest BCUT2D eigenvalue weighted by Crippen LogP contribution is -2.47. The Labute approximate surface area is 97.7 Å². The minimum atomic E-state index is -0.114. The molecule has 2 N–H and O–H groups in total. The largest absolute Gasteiger partial charge is 0.394 e. The van der Waals surface area contributed by atoms with Crippen LogP contribution < -0.4 is 5.32 Å². The van der Waals surface area contributed by atoms with E-state index in [-0.39, 0.29) is 12.1 Å². The first kappa shape index (κ1) is 11.6. The molecule has 0 aliphatic heterocycles. The number of nitrogens with one attached hydrogen (secondary N) is 1. The van der Waals surface area contributed by atoms with Gasteiger partial charge in [-0.15, -0.1) is 0 Å². The normalized spacial score (nSPS) is 19.4. The standard InChI is InChI=1S/C14H21NO/c1-14(11-16,15-13-7-8-13)10-9-12-5-3-2-4-6-12/h2-6,13,15-16H,7-11H2,1H3. The topological polar surface area (TPSA) is 32.3 Å². The summed E-state index contributed by atoms with van der Waals surface area (Å²) in [5.74, 6) is 0. The molecule has 2 rings (SSSR count). The fourth-order valence-corrected chi connectivity index (χ4v) is 1.98. The molecule has 1 unspecified atom stereocenters. The maximum atomic E-state index is 9.48. The van der Waals surface area contributed by atoms with Gasteiger partial charge in [0.05, 0.1) is 6.61 Å². The molecule has 1 aromatic rings. The van der Waals surface area contributed by atoms with E-state index in [1.807, 2.05) is 6.07 Å². The summed E-state index contributed by atoms with van der Waals surface area (Å²) in [6, 6.07) is 11.1. The SMILES string of the molecule is CC(CO)(CCc1ccccc1)NC1CC1. The fraction of sp³-hybridized carbons (Fsp3) is 0.571. The van der Waals surface area contributed by atoms with E-state index in [9.17, 15) is 5.11 Å². The number of aryl methyl sites for hydroxylation is 1. The van der Waals surface area contributed by atoms with Gasteiger partial charge in [-0.3, -0.25) is 0 Å². The summed E-state index contributed by atoms with van der Waals surface area (Å²) in [7, 11) is 0. The van der Waals surface area contributed by atoms with Crippen LogP contribution in [0.5, 0.6) is 0 Å². The molecule has 1 aromatic carbocycles. The molecular formula is C14H21NO. The molecule has 88 valence electrons. The minimum absolute atomic E-state index is 0.114. The van der Waals surface area contributed by atoms with E-state index < -0.39 is 0 Å². The summed E-state index contributed by atoms with van der Waals surface area (Å²) in [5.41, 5.74) is 1.23. The van der Waals surface area contributed by atoms with Crippen LogP contribution in [0.1, 0.15) is 31.7 Å². The van der Waals surface area contributed by atoms with E-state index in [0.29, 0.717) is 6.04 Å². The van der Waals surface area contributed by atoms with Crippen molar-refractivity contribution in [2.45, 2.75) is 44.2 Å². The molecule has 0 spiro atoms. The highest BCUT2D eigenvalue weighted by Crippen LogP contribution is 2.24. The molecule has 0 saturated heterocycles. The average molecular weight is 219 g/mol. The summed E-state index contributed by atoms with van der Waals surface area (Å²) in [6.45, 7) is 2.34. The lowest BCUT2D eigenvalue weighted by Gasteiger charge is -2.29. The summed E-state index contributed by atoms with van der Waals surface area (Å²) >= 11 is 0. The van der Waals surface area contributed by atoms with Crippen LogP contribution in [0.4, 0.5) is 0 Å². The molecule has 0 amide bonds. The summed E-state index contributed by atoms with van der Waals surface area (Å²) in [5, 5.41) is 13.0. The maximum absolute atomic E-state index is 9.48. The van der Waals surface area contributed by atoms with Crippen LogP contribution in [-0.4, -0.2) is 23.3 Å². The van der Waals surface area contributed by atoms with Gasteiger partial charge < -0.3 is 10.4 Å². The zero-order valence-electron chi connectivity index (χ0n) is 9.95. The van der Waals surface area contributed by atoms with E-state index in [4.69, 9.17) is 0 Å². The molecule has 1 aliphatic rings. The second kappa shape index (κ2) is 4.98.